The van der Waals surface area contributed by atoms with E-state index in [1.807, 2.05) is 30.9 Å². The molecule has 21 heavy (non-hydrogen) atoms. The molecule has 1 unspecified atom stereocenters. The molecule has 112 valence electrons. The summed E-state index contributed by atoms with van der Waals surface area (Å²) in [4.78, 5) is 15.5. The number of hydrogen-bond acceptors (Lipinski definition) is 3. The summed E-state index contributed by atoms with van der Waals surface area (Å²) in [6, 6.07) is 8.19. The second-order valence-electron chi connectivity index (χ2n) is 5.92. The number of benzene rings is 1. The van der Waals surface area contributed by atoms with Gasteiger partial charge < -0.3 is 10.0 Å². The van der Waals surface area contributed by atoms with Crippen LogP contribution in [0.1, 0.15) is 35.0 Å². The highest BCUT2D eigenvalue weighted by Gasteiger charge is 2.27. The van der Waals surface area contributed by atoms with Crippen molar-refractivity contribution in [2.75, 3.05) is 13.1 Å². The van der Waals surface area contributed by atoms with Crippen molar-refractivity contribution in [2.45, 2.75) is 32.8 Å². The minimum absolute atomic E-state index is 0.151. The Morgan fingerprint density at radius 3 is 2.62 bits per heavy atom. The lowest BCUT2D eigenvalue weighted by atomic mass is 9.92. The van der Waals surface area contributed by atoms with Crippen molar-refractivity contribution < 1.29 is 9.90 Å². The van der Waals surface area contributed by atoms with Crippen LogP contribution < -0.4 is 0 Å². The standard InChI is InChI=1S/C17H21NO2S/c1-11-14-5-3-4-6-15(14)21-16(11)17(20)18-9-7-13(8-10-18)12(2)19/h3-6,12-13,19H,7-10H2,1-2H3. The molecule has 1 amide bonds. The van der Waals surface area contributed by atoms with Crippen LogP contribution in [0.25, 0.3) is 10.1 Å². The van der Waals surface area contributed by atoms with E-state index in [4.69, 9.17) is 0 Å². The van der Waals surface area contributed by atoms with Gasteiger partial charge in [0.05, 0.1) is 11.0 Å². The van der Waals surface area contributed by atoms with Gasteiger partial charge in [-0.05, 0) is 49.6 Å². The topological polar surface area (TPSA) is 40.5 Å². The number of fused-ring (bicyclic) bond motifs is 1. The van der Waals surface area contributed by atoms with Crippen LogP contribution in [-0.4, -0.2) is 35.1 Å². The molecule has 1 aliphatic heterocycles. The summed E-state index contributed by atoms with van der Waals surface area (Å²) in [6.45, 7) is 5.39. The van der Waals surface area contributed by atoms with E-state index in [9.17, 15) is 9.90 Å². The van der Waals surface area contributed by atoms with Crippen LogP contribution in [0.15, 0.2) is 24.3 Å². The van der Waals surface area contributed by atoms with E-state index in [-0.39, 0.29) is 12.0 Å². The third kappa shape index (κ3) is 2.70. The molecule has 3 nitrogen and oxygen atoms in total. The number of carbonyl (C=O) groups excluding carboxylic acids is 1. The van der Waals surface area contributed by atoms with Crippen molar-refractivity contribution in [1.29, 1.82) is 0 Å². The van der Waals surface area contributed by atoms with E-state index in [1.165, 1.54) is 10.1 Å². The first-order valence-corrected chi connectivity index (χ1v) is 8.35. The highest BCUT2D eigenvalue weighted by Crippen LogP contribution is 2.32. The van der Waals surface area contributed by atoms with Gasteiger partial charge in [0.15, 0.2) is 0 Å². The first-order chi connectivity index (χ1) is 10.1. The fourth-order valence-electron chi connectivity index (χ4n) is 3.11. The van der Waals surface area contributed by atoms with E-state index in [2.05, 4.69) is 12.1 Å². The van der Waals surface area contributed by atoms with E-state index in [0.717, 1.165) is 36.4 Å². The van der Waals surface area contributed by atoms with Gasteiger partial charge in [0.25, 0.3) is 5.91 Å². The molecule has 1 saturated heterocycles. The molecule has 2 aromatic rings. The molecule has 1 aromatic carbocycles. The summed E-state index contributed by atoms with van der Waals surface area (Å²) >= 11 is 1.59. The summed E-state index contributed by atoms with van der Waals surface area (Å²) < 4.78 is 1.18. The molecule has 3 rings (SSSR count). The van der Waals surface area contributed by atoms with Gasteiger partial charge in [0.2, 0.25) is 0 Å². The Bertz CT molecular complexity index is 654. The van der Waals surface area contributed by atoms with Gasteiger partial charge in [0, 0.05) is 17.8 Å². The molecule has 0 saturated carbocycles. The Balaban J connectivity index is 1.80. The van der Waals surface area contributed by atoms with E-state index >= 15 is 0 Å². The second-order valence-corrected chi connectivity index (χ2v) is 6.97. The van der Waals surface area contributed by atoms with Crippen molar-refractivity contribution in [3.05, 3.63) is 34.7 Å². The van der Waals surface area contributed by atoms with Gasteiger partial charge >= 0.3 is 0 Å². The lowest BCUT2D eigenvalue weighted by molar-refractivity contribution is 0.0524. The number of amides is 1. The quantitative estimate of drug-likeness (QED) is 0.923. The fourth-order valence-corrected chi connectivity index (χ4v) is 4.28. The maximum absolute atomic E-state index is 12.7. The number of aliphatic hydroxyl groups is 1. The van der Waals surface area contributed by atoms with E-state index < -0.39 is 0 Å². The van der Waals surface area contributed by atoms with Gasteiger partial charge in [-0.25, -0.2) is 0 Å². The van der Waals surface area contributed by atoms with Crippen LogP contribution in [0, 0.1) is 12.8 Å². The van der Waals surface area contributed by atoms with Crippen LogP contribution >= 0.6 is 11.3 Å². The zero-order valence-corrected chi connectivity index (χ0v) is 13.3. The smallest absolute Gasteiger partial charge is 0.264 e. The van der Waals surface area contributed by atoms with Crippen LogP contribution in [0.2, 0.25) is 0 Å². The van der Waals surface area contributed by atoms with Gasteiger partial charge in [-0.3, -0.25) is 4.79 Å². The Labute approximate surface area is 129 Å². The summed E-state index contributed by atoms with van der Waals surface area (Å²) in [5.41, 5.74) is 1.10. The third-order valence-electron chi connectivity index (χ3n) is 4.55. The number of thiophene rings is 1. The van der Waals surface area contributed by atoms with Gasteiger partial charge in [-0.15, -0.1) is 11.3 Å². The maximum atomic E-state index is 12.7. The summed E-state index contributed by atoms with van der Waals surface area (Å²) in [7, 11) is 0. The highest BCUT2D eigenvalue weighted by atomic mass is 32.1. The van der Waals surface area contributed by atoms with Crippen molar-refractivity contribution in [2.24, 2.45) is 5.92 Å². The van der Waals surface area contributed by atoms with E-state index in [0.29, 0.717) is 5.92 Å². The van der Waals surface area contributed by atoms with Crippen LogP contribution in [-0.2, 0) is 0 Å². The van der Waals surface area contributed by atoms with Crippen molar-refractivity contribution >= 4 is 27.3 Å². The van der Waals surface area contributed by atoms with Crippen LogP contribution in [0.5, 0.6) is 0 Å². The number of carbonyl (C=O) groups is 1. The van der Waals surface area contributed by atoms with E-state index in [1.54, 1.807) is 11.3 Å². The number of hydrogen-bond donors (Lipinski definition) is 1. The molecule has 1 N–H and O–H groups in total. The predicted molar refractivity (Wildman–Crippen MR) is 86.9 cm³/mol. The van der Waals surface area contributed by atoms with Crippen LogP contribution in [0.4, 0.5) is 0 Å². The minimum atomic E-state index is -0.270. The molecular formula is C17H21NO2S. The summed E-state index contributed by atoms with van der Waals surface area (Å²) in [5, 5.41) is 10.8. The molecule has 2 heterocycles. The number of likely N-dealkylation sites (tertiary alicyclic amines) is 1. The molecule has 0 radical (unpaired) electrons. The molecule has 4 heteroatoms. The molecule has 0 aliphatic carbocycles. The molecule has 1 aliphatic rings. The zero-order chi connectivity index (χ0) is 15.0. The molecule has 1 aromatic heterocycles. The lowest BCUT2D eigenvalue weighted by Gasteiger charge is -2.33. The normalized spacial score (nSPS) is 18.1. The zero-order valence-electron chi connectivity index (χ0n) is 12.5. The molecule has 1 fully saturated rings. The van der Waals surface area contributed by atoms with Gasteiger partial charge in [-0.1, -0.05) is 18.2 Å². The van der Waals surface area contributed by atoms with Crippen LogP contribution in [0.3, 0.4) is 0 Å². The number of aryl methyl sites for hydroxylation is 1. The molecule has 0 bridgehead atoms. The van der Waals surface area contributed by atoms with Crippen molar-refractivity contribution in [1.82, 2.24) is 4.90 Å². The highest BCUT2D eigenvalue weighted by molar-refractivity contribution is 7.21. The average Bonchev–Trinajstić information content (AvgIpc) is 2.84. The lowest BCUT2D eigenvalue weighted by Crippen LogP contribution is -2.40. The molecule has 0 spiro atoms. The second kappa shape index (κ2) is 5.78. The number of rotatable bonds is 2. The monoisotopic (exact) mass is 303 g/mol. The Morgan fingerprint density at radius 2 is 2.00 bits per heavy atom. The van der Waals surface area contributed by atoms with Crippen molar-refractivity contribution in [3.63, 3.8) is 0 Å². The summed E-state index contributed by atoms with van der Waals surface area (Å²) in [5.74, 6) is 0.482. The largest absolute Gasteiger partial charge is 0.393 e. The Hall–Kier alpha value is -1.39. The van der Waals surface area contributed by atoms with Crippen molar-refractivity contribution in [3.8, 4) is 0 Å². The van der Waals surface area contributed by atoms with Gasteiger partial charge in [0.1, 0.15) is 0 Å². The predicted octanol–water partition coefficient (Wildman–Crippen LogP) is 3.44. The fraction of sp³-hybridized carbons (Fsp3) is 0.471. The third-order valence-corrected chi connectivity index (χ3v) is 5.81. The number of piperidine rings is 1. The minimum Gasteiger partial charge on any atom is -0.393 e. The molecular weight excluding hydrogens is 282 g/mol. The first kappa shape index (κ1) is 14.5. The van der Waals surface area contributed by atoms with Gasteiger partial charge in [-0.2, -0.15) is 0 Å². The maximum Gasteiger partial charge on any atom is 0.264 e. The Morgan fingerprint density at radius 1 is 1.33 bits per heavy atom. The Kier molecular flexibility index (Phi) is 4.00. The first-order valence-electron chi connectivity index (χ1n) is 7.53. The molecule has 1 atom stereocenters. The number of aliphatic hydroxyl groups excluding tert-OH is 1. The summed E-state index contributed by atoms with van der Waals surface area (Å²) in [6.07, 6.45) is 1.52. The number of nitrogens with zero attached hydrogens (tertiary/aromatic N) is 1. The average molecular weight is 303 g/mol. The SMILES string of the molecule is Cc1c(C(=O)N2CCC(C(C)O)CC2)sc2ccccc12.